The minimum atomic E-state index is -1.07. The van der Waals surface area contributed by atoms with Crippen LogP contribution in [0.25, 0.3) is 0 Å². The molecule has 1 aliphatic rings. The number of carboxylic acid groups (broad SMARTS) is 1. The lowest BCUT2D eigenvalue weighted by Crippen LogP contribution is -2.43. The zero-order valence-electron chi connectivity index (χ0n) is 11.8. The van der Waals surface area contributed by atoms with Crippen LogP contribution in [0.4, 0.5) is 14.9 Å². The highest BCUT2D eigenvalue weighted by atomic mass is 19.1. The Morgan fingerprint density at radius 1 is 1.48 bits per heavy atom. The van der Waals surface area contributed by atoms with Crippen molar-refractivity contribution < 1.29 is 23.8 Å². The lowest BCUT2D eigenvalue weighted by molar-refractivity contribution is -0.141. The number of benzene rings is 1. The molecule has 2 N–H and O–H groups in total. The molecule has 2 atom stereocenters. The number of anilines is 1. The number of ether oxygens (including phenoxy) is 1. The Kier molecular flexibility index (Phi) is 4.42. The summed E-state index contributed by atoms with van der Waals surface area (Å²) in [5.41, 5.74) is 0.822. The average Bonchev–Trinajstić information content (AvgIpc) is 2.87. The van der Waals surface area contributed by atoms with E-state index in [9.17, 15) is 14.0 Å². The molecule has 7 heteroatoms. The maximum atomic E-state index is 13.2. The number of carbonyl (C=O) groups is 2. The van der Waals surface area contributed by atoms with Gasteiger partial charge in [0, 0.05) is 25.8 Å². The molecule has 6 nitrogen and oxygen atoms in total. The predicted octanol–water partition coefficient (Wildman–Crippen LogP) is 1.84. The number of hydrogen-bond donors (Lipinski definition) is 2. The van der Waals surface area contributed by atoms with Crippen molar-refractivity contribution in [2.45, 2.75) is 25.5 Å². The Hall–Kier alpha value is -2.15. The molecule has 0 radical (unpaired) electrons. The number of halogens is 1. The van der Waals surface area contributed by atoms with Crippen LogP contribution in [0.3, 0.4) is 0 Å². The topological polar surface area (TPSA) is 78.9 Å². The predicted molar refractivity (Wildman–Crippen MR) is 73.7 cm³/mol. The zero-order valence-corrected chi connectivity index (χ0v) is 11.8. The first-order valence-electron chi connectivity index (χ1n) is 6.51. The number of methoxy groups -OCH3 is 1. The van der Waals surface area contributed by atoms with Crippen molar-refractivity contribution in [3.8, 4) is 0 Å². The van der Waals surface area contributed by atoms with E-state index in [0.717, 1.165) is 0 Å². The Morgan fingerprint density at radius 2 is 2.19 bits per heavy atom. The SMILES string of the molecule is COC1CC(C(=O)O)N(C(=O)Nc2ccc(F)c(C)c2)C1. The maximum Gasteiger partial charge on any atom is 0.326 e. The standard InChI is InChI=1S/C14H17FN2O4/c1-8-5-9(3-4-11(8)15)16-14(20)17-7-10(21-2)6-12(17)13(18)19/h3-5,10,12H,6-7H2,1-2H3,(H,16,20)(H,18,19). The first-order chi connectivity index (χ1) is 9.92. The monoisotopic (exact) mass is 296 g/mol. The number of nitrogens with one attached hydrogen (secondary N) is 1. The number of nitrogens with zero attached hydrogens (tertiary/aromatic N) is 1. The van der Waals surface area contributed by atoms with Gasteiger partial charge in [0.1, 0.15) is 11.9 Å². The molecule has 0 aromatic heterocycles. The number of aryl methyl sites for hydroxylation is 1. The largest absolute Gasteiger partial charge is 0.480 e. The van der Waals surface area contributed by atoms with E-state index < -0.39 is 18.0 Å². The van der Waals surface area contributed by atoms with Crippen molar-refractivity contribution >= 4 is 17.7 Å². The summed E-state index contributed by atoms with van der Waals surface area (Å²) in [7, 11) is 1.48. The number of rotatable bonds is 3. The molecule has 0 aliphatic carbocycles. The highest BCUT2D eigenvalue weighted by Crippen LogP contribution is 2.22. The van der Waals surface area contributed by atoms with Gasteiger partial charge in [-0.3, -0.25) is 0 Å². The van der Waals surface area contributed by atoms with E-state index in [1.807, 2.05) is 0 Å². The maximum absolute atomic E-state index is 13.2. The van der Waals surface area contributed by atoms with Crippen LogP contribution in [0.5, 0.6) is 0 Å². The minimum absolute atomic E-state index is 0.208. The van der Waals surface area contributed by atoms with E-state index in [0.29, 0.717) is 11.3 Å². The number of hydrogen-bond acceptors (Lipinski definition) is 3. The average molecular weight is 296 g/mol. The molecule has 0 saturated carbocycles. The number of urea groups is 1. The normalized spacial score (nSPS) is 21.4. The van der Waals surface area contributed by atoms with Crippen LogP contribution in [0.2, 0.25) is 0 Å². The second-order valence-corrected chi connectivity index (χ2v) is 4.99. The molecule has 1 aliphatic heterocycles. The molecule has 1 fully saturated rings. The smallest absolute Gasteiger partial charge is 0.326 e. The zero-order chi connectivity index (χ0) is 15.6. The lowest BCUT2D eigenvalue weighted by Gasteiger charge is -2.21. The highest BCUT2D eigenvalue weighted by molar-refractivity contribution is 5.92. The van der Waals surface area contributed by atoms with E-state index in [1.165, 1.54) is 30.2 Å². The Labute approximate surface area is 121 Å². The third-order valence-corrected chi connectivity index (χ3v) is 3.55. The Morgan fingerprint density at radius 3 is 2.76 bits per heavy atom. The second kappa shape index (κ2) is 6.09. The van der Waals surface area contributed by atoms with E-state index in [1.54, 1.807) is 6.92 Å². The third kappa shape index (κ3) is 3.30. The van der Waals surface area contributed by atoms with Crippen molar-refractivity contribution in [2.24, 2.45) is 0 Å². The van der Waals surface area contributed by atoms with Gasteiger partial charge in [0.25, 0.3) is 0 Å². The van der Waals surface area contributed by atoms with Crippen molar-refractivity contribution in [1.29, 1.82) is 0 Å². The molecule has 1 saturated heterocycles. The van der Waals surface area contributed by atoms with Gasteiger partial charge in [-0.1, -0.05) is 0 Å². The first-order valence-corrected chi connectivity index (χ1v) is 6.51. The van der Waals surface area contributed by atoms with Crippen LogP contribution in [-0.2, 0) is 9.53 Å². The number of aliphatic carboxylic acids is 1. The summed E-state index contributed by atoms with van der Waals surface area (Å²) in [6.45, 7) is 1.79. The van der Waals surface area contributed by atoms with Crippen LogP contribution >= 0.6 is 0 Å². The van der Waals surface area contributed by atoms with Crippen LogP contribution < -0.4 is 5.32 Å². The van der Waals surface area contributed by atoms with Crippen molar-refractivity contribution in [2.75, 3.05) is 19.0 Å². The van der Waals surface area contributed by atoms with Crippen LogP contribution in [0.1, 0.15) is 12.0 Å². The number of carbonyl (C=O) groups excluding carboxylic acids is 1. The van der Waals surface area contributed by atoms with Crippen LogP contribution in [-0.4, -0.2) is 47.8 Å². The molecular weight excluding hydrogens is 279 g/mol. The first kappa shape index (κ1) is 15.2. The summed E-state index contributed by atoms with van der Waals surface area (Å²) >= 11 is 0. The number of amides is 2. The van der Waals surface area contributed by atoms with Gasteiger partial charge in [0.2, 0.25) is 0 Å². The van der Waals surface area contributed by atoms with Crippen LogP contribution in [0, 0.1) is 12.7 Å². The lowest BCUT2D eigenvalue weighted by atomic mass is 10.2. The van der Waals surface area contributed by atoms with Crippen molar-refractivity contribution in [1.82, 2.24) is 4.90 Å². The highest BCUT2D eigenvalue weighted by Gasteiger charge is 2.39. The second-order valence-electron chi connectivity index (χ2n) is 4.99. The fourth-order valence-electron chi connectivity index (χ4n) is 2.34. The molecule has 21 heavy (non-hydrogen) atoms. The van der Waals surface area contributed by atoms with Gasteiger partial charge in [-0.05, 0) is 30.7 Å². The van der Waals surface area contributed by atoms with Crippen molar-refractivity contribution in [3.05, 3.63) is 29.6 Å². The summed E-state index contributed by atoms with van der Waals surface area (Å²) in [5.74, 6) is -1.43. The van der Waals surface area contributed by atoms with Gasteiger partial charge in [-0.25, -0.2) is 14.0 Å². The molecular formula is C14H17FN2O4. The number of likely N-dealkylation sites (tertiary alicyclic amines) is 1. The molecule has 2 rings (SSSR count). The fraction of sp³-hybridized carbons (Fsp3) is 0.429. The van der Waals surface area contributed by atoms with Gasteiger partial charge < -0.3 is 20.1 Å². The number of carboxylic acids is 1. The third-order valence-electron chi connectivity index (χ3n) is 3.55. The molecule has 0 spiro atoms. The minimum Gasteiger partial charge on any atom is -0.480 e. The van der Waals surface area contributed by atoms with Gasteiger partial charge in [0.05, 0.1) is 6.10 Å². The van der Waals surface area contributed by atoms with Gasteiger partial charge in [-0.2, -0.15) is 0 Å². The van der Waals surface area contributed by atoms with Crippen LogP contribution in [0.15, 0.2) is 18.2 Å². The summed E-state index contributed by atoms with van der Waals surface area (Å²) in [6, 6.07) is 2.72. The van der Waals surface area contributed by atoms with Gasteiger partial charge in [-0.15, -0.1) is 0 Å². The molecule has 0 bridgehead atoms. The van der Waals surface area contributed by atoms with E-state index >= 15 is 0 Å². The Bertz CT molecular complexity index is 564. The molecule has 1 aromatic carbocycles. The molecule has 2 amide bonds. The molecule has 2 unspecified atom stereocenters. The van der Waals surface area contributed by atoms with E-state index in [2.05, 4.69) is 5.32 Å². The molecule has 114 valence electrons. The Balaban J connectivity index is 2.11. The van der Waals surface area contributed by atoms with Crippen molar-refractivity contribution in [3.63, 3.8) is 0 Å². The summed E-state index contributed by atoms with van der Waals surface area (Å²) in [4.78, 5) is 24.6. The summed E-state index contributed by atoms with van der Waals surface area (Å²) in [6.07, 6.45) is -0.0476. The fourth-order valence-corrected chi connectivity index (χ4v) is 2.34. The van der Waals surface area contributed by atoms with E-state index in [-0.39, 0.29) is 24.9 Å². The summed E-state index contributed by atoms with van der Waals surface area (Å²) < 4.78 is 18.3. The van der Waals surface area contributed by atoms with E-state index in [4.69, 9.17) is 9.84 Å². The molecule has 1 aromatic rings. The summed E-state index contributed by atoms with van der Waals surface area (Å²) in [5, 5.41) is 11.7. The van der Waals surface area contributed by atoms with Gasteiger partial charge in [0.15, 0.2) is 0 Å². The van der Waals surface area contributed by atoms with Gasteiger partial charge >= 0.3 is 12.0 Å². The quantitative estimate of drug-likeness (QED) is 0.892. The molecule has 1 heterocycles.